The minimum Gasteiger partial charge on any atom is -0.394 e. The summed E-state index contributed by atoms with van der Waals surface area (Å²) < 4.78 is 25.2. The zero-order valence-corrected chi connectivity index (χ0v) is 20.7. The second kappa shape index (κ2) is 11.3. The minimum absolute atomic E-state index is 0.318. The van der Waals surface area contributed by atoms with E-state index in [-0.39, 0.29) is 0 Å². The summed E-state index contributed by atoms with van der Waals surface area (Å²) in [5.41, 5.74) is 6.93. The smallest absolute Gasteiger partial charge is 0.185 e. The molecule has 2 aromatic carbocycles. The Hall–Kier alpha value is -1.80. The van der Waals surface area contributed by atoms with E-state index >= 15 is 0 Å². The van der Waals surface area contributed by atoms with Gasteiger partial charge in [0.15, 0.2) is 12.6 Å². The van der Waals surface area contributed by atoms with Gasteiger partial charge in [-0.05, 0) is 47.9 Å². The fourth-order valence-corrected chi connectivity index (χ4v) is 5.36. The Kier molecular flexibility index (Phi) is 8.40. The Morgan fingerprint density at radius 3 is 1.91 bits per heavy atom. The quantitative estimate of drug-likeness (QED) is 0.603. The Labute approximate surface area is 202 Å². The number of ether oxygens (including phenoxy) is 4. The van der Waals surface area contributed by atoms with Crippen LogP contribution in [0.1, 0.15) is 73.7 Å². The first kappa shape index (κ1) is 25.3. The maximum atomic E-state index is 10.7. The number of hydrogen-bond donors (Lipinski definition) is 2. The highest BCUT2D eigenvalue weighted by atomic mass is 16.8. The van der Waals surface area contributed by atoms with E-state index in [1.54, 1.807) is 0 Å². The second-order valence-corrected chi connectivity index (χ2v) is 9.01. The molecule has 2 fully saturated rings. The van der Waals surface area contributed by atoms with Crippen LogP contribution in [0.25, 0.3) is 0 Å². The van der Waals surface area contributed by atoms with Gasteiger partial charge in [-0.25, -0.2) is 0 Å². The summed E-state index contributed by atoms with van der Waals surface area (Å²) in [6, 6.07) is 12.4. The Balaban J connectivity index is 1.63. The molecule has 2 aliphatic heterocycles. The molecule has 2 saturated heterocycles. The molecule has 2 unspecified atom stereocenters. The summed E-state index contributed by atoms with van der Waals surface area (Å²) in [6.45, 7) is 8.43. The molecule has 6 nitrogen and oxygen atoms in total. The number of benzene rings is 2. The van der Waals surface area contributed by atoms with Crippen LogP contribution < -0.4 is 0 Å². The van der Waals surface area contributed by atoms with Crippen molar-refractivity contribution in [2.45, 2.75) is 90.4 Å². The number of hydrogen-bond acceptors (Lipinski definition) is 6. The van der Waals surface area contributed by atoms with Gasteiger partial charge in [0.2, 0.25) is 0 Å². The van der Waals surface area contributed by atoms with Gasteiger partial charge >= 0.3 is 0 Å². The van der Waals surface area contributed by atoms with Crippen molar-refractivity contribution in [2.24, 2.45) is 0 Å². The summed E-state index contributed by atoms with van der Waals surface area (Å²) in [4.78, 5) is 0. The van der Waals surface area contributed by atoms with Crippen LogP contribution in [0.4, 0.5) is 0 Å². The van der Waals surface area contributed by atoms with Gasteiger partial charge in [0.1, 0.15) is 24.4 Å². The predicted octanol–water partition coefficient (Wildman–Crippen LogP) is 4.19. The Morgan fingerprint density at radius 1 is 0.794 bits per heavy atom. The molecule has 2 aliphatic rings. The first-order valence-electron chi connectivity index (χ1n) is 12.6. The molecule has 2 aromatic rings. The van der Waals surface area contributed by atoms with E-state index in [9.17, 15) is 10.2 Å². The molecule has 2 N–H and O–H groups in total. The van der Waals surface area contributed by atoms with E-state index in [4.69, 9.17) is 18.9 Å². The largest absolute Gasteiger partial charge is 0.394 e. The number of aryl methyl sites for hydroxylation is 2. The Morgan fingerprint density at radius 2 is 1.38 bits per heavy atom. The molecule has 2 heterocycles. The first-order chi connectivity index (χ1) is 16.6. The third kappa shape index (κ3) is 4.81. The summed E-state index contributed by atoms with van der Waals surface area (Å²) in [5.74, 6) is 0. The molecule has 0 amide bonds. The van der Waals surface area contributed by atoms with Crippen LogP contribution in [0.2, 0.25) is 0 Å². The second-order valence-electron chi connectivity index (χ2n) is 9.01. The monoisotopic (exact) mass is 470 g/mol. The van der Waals surface area contributed by atoms with Crippen LogP contribution in [-0.4, -0.2) is 47.8 Å². The average molecular weight is 471 g/mol. The van der Waals surface area contributed by atoms with Crippen molar-refractivity contribution in [2.75, 3.05) is 13.2 Å². The van der Waals surface area contributed by atoms with Crippen molar-refractivity contribution in [3.05, 3.63) is 69.8 Å². The first-order valence-corrected chi connectivity index (χ1v) is 12.6. The molecule has 0 aromatic heterocycles. The van der Waals surface area contributed by atoms with Crippen molar-refractivity contribution in [1.29, 1.82) is 0 Å². The molecule has 0 spiro atoms. The van der Waals surface area contributed by atoms with E-state index in [1.807, 2.05) is 24.3 Å². The van der Waals surface area contributed by atoms with Gasteiger partial charge in [-0.3, -0.25) is 0 Å². The standard InChI is InChI=1S/C28H38O6/c1-5-17-11-9-13-21(19(17)7-3)27-31-16-24-26(34-27)25(23(30)15-29)33-28(32-24)22-14-10-12-18(6-2)20(22)8-4/h9-14,23-30H,5-8,15-16H2,1-4H3/t23-,24+,25-,26-,27?,28?/m1/s1. The van der Waals surface area contributed by atoms with Gasteiger partial charge in [0.25, 0.3) is 0 Å². The lowest BCUT2D eigenvalue weighted by Gasteiger charge is -2.47. The maximum absolute atomic E-state index is 10.7. The van der Waals surface area contributed by atoms with Crippen LogP contribution in [0, 0.1) is 0 Å². The summed E-state index contributed by atoms with van der Waals surface area (Å²) in [5, 5.41) is 20.5. The Bertz CT molecular complexity index is 958. The molecule has 6 atom stereocenters. The van der Waals surface area contributed by atoms with Crippen LogP contribution in [0.3, 0.4) is 0 Å². The molecular weight excluding hydrogens is 432 g/mol. The fraction of sp³-hybridized carbons (Fsp3) is 0.571. The van der Waals surface area contributed by atoms with Crippen LogP contribution >= 0.6 is 0 Å². The molecule has 6 heteroatoms. The number of fused-ring (bicyclic) bond motifs is 1. The van der Waals surface area contributed by atoms with E-state index in [1.165, 1.54) is 22.3 Å². The molecule has 0 radical (unpaired) electrons. The normalized spacial score (nSPS) is 27.9. The highest BCUT2D eigenvalue weighted by Crippen LogP contribution is 2.41. The molecule has 186 valence electrons. The van der Waals surface area contributed by atoms with Gasteiger partial charge in [0, 0.05) is 11.1 Å². The van der Waals surface area contributed by atoms with E-state index in [0.717, 1.165) is 36.8 Å². The molecule has 4 rings (SSSR count). The molecule has 0 bridgehead atoms. The lowest BCUT2D eigenvalue weighted by atomic mass is 9.94. The van der Waals surface area contributed by atoms with Gasteiger partial charge in [0.05, 0.1) is 13.2 Å². The van der Waals surface area contributed by atoms with Crippen molar-refractivity contribution in [1.82, 2.24) is 0 Å². The zero-order chi connectivity index (χ0) is 24.2. The van der Waals surface area contributed by atoms with Crippen molar-refractivity contribution in [3.63, 3.8) is 0 Å². The molecule has 0 aliphatic carbocycles. The minimum atomic E-state index is -1.09. The van der Waals surface area contributed by atoms with Gasteiger partial charge < -0.3 is 29.2 Å². The highest BCUT2D eigenvalue weighted by molar-refractivity contribution is 5.37. The van der Waals surface area contributed by atoms with Crippen LogP contribution in [-0.2, 0) is 44.6 Å². The van der Waals surface area contributed by atoms with Gasteiger partial charge in [-0.2, -0.15) is 0 Å². The highest BCUT2D eigenvalue weighted by Gasteiger charge is 2.48. The zero-order valence-electron chi connectivity index (χ0n) is 20.7. The van der Waals surface area contributed by atoms with E-state index in [0.29, 0.717) is 6.61 Å². The van der Waals surface area contributed by atoms with Crippen LogP contribution in [0.15, 0.2) is 36.4 Å². The third-order valence-electron chi connectivity index (χ3n) is 7.12. The predicted molar refractivity (Wildman–Crippen MR) is 130 cm³/mol. The lowest BCUT2D eigenvalue weighted by Crippen LogP contribution is -2.58. The van der Waals surface area contributed by atoms with Crippen molar-refractivity contribution < 1.29 is 29.2 Å². The molecule has 34 heavy (non-hydrogen) atoms. The van der Waals surface area contributed by atoms with E-state index in [2.05, 4.69) is 39.8 Å². The molecule has 0 saturated carbocycles. The van der Waals surface area contributed by atoms with Gasteiger partial charge in [-0.1, -0.05) is 64.1 Å². The van der Waals surface area contributed by atoms with Crippen molar-refractivity contribution in [3.8, 4) is 0 Å². The SMILES string of the molecule is CCc1cccc(C2OC[C@@H]3OC(c4cccc(CC)c4CC)O[C@H]([C@H](O)CO)[C@@H]3O2)c1CC. The third-order valence-corrected chi connectivity index (χ3v) is 7.12. The number of rotatable bonds is 8. The topological polar surface area (TPSA) is 77.4 Å². The van der Waals surface area contributed by atoms with Crippen molar-refractivity contribution >= 4 is 0 Å². The van der Waals surface area contributed by atoms with E-state index < -0.39 is 43.6 Å². The maximum Gasteiger partial charge on any atom is 0.185 e. The molecular formula is C28H38O6. The summed E-state index contributed by atoms with van der Waals surface area (Å²) in [7, 11) is 0. The van der Waals surface area contributed by atoms with Crippen LogP contribution in [0.5, 0.6) is 0 Å². The summed E-state index contributed by atoms with van der Waals surface area (Å²) in [6.07, 6.45) is -0.466. The lowest BCUT2D eigenvalue weighted by molar-refractivity contribution is -0.373. The number of aliphatic hydroxyl groups excluding tert-OH is 2. The fourth-order valence-electron chi connectivity index (χ4n) is 5.36. The summed E-state index contributed by atoms with van der Waals surface area (Å²) >= 11 is 0. The number of aliphatic hydroxyl groups is 2. The average Bonchev–Trinajstić information content (AvgIpc) is 2.90. The van der Waals surface area contributed by atoms with Gasteiger partial charge in [-0.15, -0.1) is 0 Å².